The number of aliphatic hydroxyl groups is 1. The van der Waals surface area contributed by atoms with E-state index in [9.17, 15) is 9.18 Å². The molecule has 0 spiro atoms. The number of nitrogens with one attached hydrogen (secondary N) is 2. The highest BCUT2D eigenvalue weighted by Gasteiger charge is 2.11. The minimum absolute atomic E-state index is 0.0432. The maximum atomic E-state index is 13.1. The number of carbonyl (C=O) groups is 1. The lowest BCUT2D eigenvalue weighted by molar-refractivity contribution is -0.116. The van der Waals surface area contributed by atoms with Gasteiger partial charge in [0.1, 0.15) is 18.2 Å². The number of para-hydroxylation sites is 1. The molecule has 1 atom stereocenters. The summed E-state index contributed by atoms with van der Waals surface area (Å²) in [6, 6.07) is 13.3. The van der Waals surface area contributed by atoms with E-state index in [1.807, 2.05) is 31.2 Å². The molecule has 1 amide bonds. The van der Waals surface area contributed by atoms with Crippen molar-refractivity contribution in [3.63, 3.8) is 0 Å². The molecule has 1 unspecified atom stereocenters. The molecule has 0 heterocycles. The van der Waals surface area contributed by atoms with E-state index in [-0.39, 0.29) is 37.4 Å². The molecule has 0 aliphatic rings. The molecular formula is C19H23FN2O3. The molecule has 0 aliphatic carbocycles. The van der Waals surface area contributed by atoms with Crippen LogP contribution in [-0.4, -0.2) is 30.3 Å². The molecule has 0 saturated carbocycles. The van der Waals surface area contributed by atoms with Gasteiger partial charge < -0.3 is 20.5 Å². The molecule has 2 aromatic carbocycles. The molecule has 0 saturated heterocycles. The number of halogens is 1. The molecule has 2 aromatic rings. The molecule has 0 aromatic heterocycles. The second kappa shape index (κ2) is 9.76. The highest BCUT2D eigenvalue weighted by atomic mass is 19.1. The number of hydrogen-bond acceptors (Lipinski definition) is 4. The number of aliphatic hydroxyl groups excluding tert-OH is 1. The van der Waals surface area contributed by atoms with E-state index in [0.717, 1.165) is 5.56 Å². The van der Waals surface area contributed by atoms with Crippen LogP contribution in [0, 0.1) is 5.82 Å². The zero-order chi connectivity index (χ0) is 18.1. The van der Waals surface area contributed by atoms with E-state index in [2.05, 4.69) is 10.6 Å². The summed E-state index contributed by atoms with van der Waals surface area (Å²) in [5.41, 5.74) is 1.40. The predicted octanol–water partition coefficient (Wildman–Crippen LogP) is 2.70. The Morgan fingerprint density at radius 1 is 1.24 bits per heavy atom. The Morgan fingerprint density at radius 2 is 2.04 bits per heavy atom. The summed E-state index contributed by atoms with van der Waals surface area (Å²) in [6.07, 6.45) is 0.260. The number of anilines is 1. The van der Waals surface area contributed by atoms with Crippen molar-refractivity contribution in [3.8, 4) is 5.75 Å². The lowest BCUT2D eigenvalue weighted by atomic mass is 10.1. The maximum absolute atomic E-state index is 13.1. The zero-order valence-corrected chi connectivity index (χ0v) is 14.2. The SMILES string of the molecule is CC(CC(=O)Nc1cccc(F)c1)NCc1ccccc1OCCO. The highest BCUT2D eigenvalue weighted by Crippen LogP contribution is 2.18. The molecule has 0 radical (unpaired) electrons. The summed E-state index contributed by atoms with van der Waals surface area (Å²) >= 11 is 0. The van der Waals surface area contributed by atoms with Crippen molar-refractivity contribution < 1.29 is 19.0 Å². The summed E-state index contributed by atoms with van der Waals surface area (Å²) in [5.74, 6) is 0.138. The van der Waals surface area contributed by atoms with Crippen molar-refractivity contribution in [1.29, 1.82) is 0 Å². The Morgan fingerprint density at radius 3 is 2.80 bits per heavy atom. The van der Waals surface area contributed by atoms with Gasteiger partial charge in [-0.05, 0) is 31.2 Å². The van der Waals surface area contributed by atoms with Crippen LogP contribution in [0.4, 0.5) is 10.1 Å². The second-order valence-corrected chi connectivity index (χ2v) is 5.72. The third-order valence-corrected chi connectivity index (χ3v) is 3.56. The quantitative estimate of drug-likeness (QED) is 0.653. The van der Waals surface area contributed by atoms with E-state index in [1.165, 1.54) is 12.1 Å². The minimum Gasteiger partial charge on any atom is -0.491 e. The summed E-state index contributed by atoms with van der Waals surface area (Å²) in [6.45, 7) is 2.64. The van der Waals surface area contributed by atoms with Crippen molar-refractivity contribution in [3.05, 3.63) is 59.9 Å². The first-order valence-electron chi connectivity index (χ1n) is 8.19. The third kappa shape index (κ3) is 6.52. The van der Waals surface area contributed by atoms with Crippen LogP contribution >= 0.6 is 0 Å². The van der Waals surface area contributed by atoms with Gasteiger partial charge in [-0.25, -0.2) is 4.39 Å². The number of hydrogen-bond donors (Lipinski definition) is 3. The number of amides is 1. The number of rotatable bonds is 9. The molecule has 5 nitrogen and oxygen atoms in total. The van der Waals surface area contributed by atoms with Gasteiger partial charge in [-0.15, -0.1) is 0 Å². The van der Waals surface area contributed by atoms with Gasteiger partial charge in [-0.2, -0.15) is 0 Å². The van der Waals surface area contributed by atoms with E-state index in [4.69, 9.17) is 9.84 Å². The van der Waals surface area contributed by atoms with Gasteiger partial charge in [0.25, 0.3) is 0 Å². The molecule has 0 fully saturated rings. The van der Waals surface area contributed by atoms with Crippen molar-refractivity contribution >= 4 is 11.6 Å². The molecule has 2 rings (SSSR count). The van der Waals surface area contributed by atoms with Crippen molar-refractivity contribution in [2.45, 2.75) is 25.9 Å². The van der Waals surface area contributed by atoms with Gasteiger partial charge in [-0.3, -0.25) is 4.79 Å². The summed E-state index contributed by atoms with van der Waals surface area (Å²) < 4.78 is 18.6. The zero-order valence-electron chi connectivity index (χ0n) is 14.2. The second-order valence-electron chi connectivity index (χ2n) is 5.72. The Balaban J connectivity index is 1.82. The van der Waals surface area contributed by atoms with Gasteiger partial charge in [0.05, 0.1) is 6.61 Å². The van der Waals surface area contributed by atoms with Gasteiger partial charge in [-0.1, -0.05) is 24.3 Å². The normalized spacial score (nSPS) is 11.8. The van der Waals surface area contributed by atoms with E-state index in [1.54, 1.807) is 12.1 Å². The predicted molar refractivity (Wildman–Crippen MR) is 95.0 cm³/mol. The molecule has 134 valence electrons. The highest BCUT2D eigenvalue weighted by molar-refractivity contribution is 5.91. The van der Waals surface area contributed by atoms with Crippen LogP contribution in [0.3, 0.4) is 0 Å². The van der Waals surface area contributed by atoms with Crippen molar-refractivity contribution in [2.75, 3.05) is 18.5 Å². The Kier molecular flexibility index (Phi) is 7.37. The standard InChI is InChI=1S/C19H23FN2O3/c1-14(11-19(24)22-17-7-4-6-16(20)12-17)21-13-15-5-2-3-8-18(15)25-10-9-23/h2-8,12,14,21,23H,9-11,13H2,1H3,(H,22,24). The van der Waals surface area contributed by atoms with Crippen molar-refractivity contribution in [2.24, 2.45) is 0 Å². The molecule has 25 heavy (non-hydrogen) atoms. The maximum Gasteiger partial charge on any atom is 0.225 e. The third-order valence-electron chi connectivity index (χ3n) is 3.56. The number of ether oxygens (including phenoxy) is 1. The monoisotopic (exact) mass is 346 g/mol. The first-order valence-corrected chi connectivity index (χ1v) is 8.19. The molecule has 3 N–H and O–H groups in total. The van der Waals surface area contributed by atoms with Crippen LogP contribution in [0.5, 0.6) is 5.75 Å². The van der Waals surface area contributed by atoms with E-state index < -0.39 is 0 Å². The van der Waals surface area contributed by atoms with Gasteiger partial charge in [0.2, 0.25) is 5.91 Å². The van der Waals surface area contributed by atoms with Gasteiger partial charge in [0, 0.05) is 30.3 Å². The fourth-order valence-corrected chi connectivity index (χ4v) is 2.36. The minimum atomic E-state index is -0.386. The lowest BCUT2D eigenvalue weighted by Crippen LogP contribution is -2.30. The first-order chi connectivity index (χ1) is 12.1. The fourth-order valence-electron chi connectivity index (χ4n) is 2.36. The van der Waals surface area contributed by atoms with Crippen LogP contribution in [0.1, 0.15) is 18.9 Å². The van der Waals surface area contributed by atoms with Gasteiger partial charge in [0.15, 0.2) is 0 Å². The van der Waals surface area contributed by atoms with Crippen LogP contribution in [-0.2, 0) is 11.3 Å². The van der Waals surface area contributed by atoms with Crippen LogP contribution in [0.2, 0.25) is 0 Å². The van der Waals surface area contributed by atoms with E-state index in [0.29, 0.717) is 18.0 Å². The van der Waals surface area contributed by atoms with E-state index >= 15 is 0 Å². The first kappa shape index (κ1) is 18.9. The van der Waals surface area contributed by atoms with Crippen LogP contribution in [0.15, 0.2) is 48.5 Å². The molecule has 6 heteroatoms. The van der Waals surface area contributed by atoms with Gasteiger partial charge >= 0.3 is 0 Å². The Labute approximate surface area is 146 Å². The fraction of sp³-hybridized carbons (Fsp3) is 0.316. The Hall–Kier alpha value is -2.44. The summed E-state index contributed by atoms with van der Waals surface area (Å²) in [7, 11) is 0. The smallest absolute Gasteiger partial charge is 0.225 e. The lowest BCUT2D eigenvalue weighted by Gasteiger charge is -2.16. The average Bonchev–Trinajstić information content (AvgIpc) is 2.58. The number of benzene rings is 2. The topological polar surface area (TPSA) is 70.6 Å². The largest absolute Gasteiger partial charge is 0.491 e. The Bertz CT molecular complexity index is 694. The van der Waals surface area contributed by atoms with Crippen molar-refractivity contribution in [1.82, 2.24) is 5.32 Å². The van der Waals surface area contributed by atoms with Crippen LogP contribution in [0.25, 0.3) is 0 Å². The molecule has 0 bridgehead atoms. The number of carbonyl (C=O) groups excluding carboxylic acids is 1. The summed E-state index contributed by atoms with van der Waals surface area (Å²) in [4.78, 5) is 12.0. The summed E-state index contributed by atoms with van der Waals surface area (Å²) in [5, 5.41) is 14.8. The molecule has 0 aliphatic heterocycles. The molecular weight excluding hydrogens is 323 g/mol. The van der Waals surface area contributed by atoms with Crippen LogP contribution < -0.4 is 15.4 Å². The average molecular weight is 346 g/mol.